The van der Waals surface area contributed by atoms with Crippen LogP contribution in [0.3, 0.4) is 0 Å². The molecule has 0 fully saturated rings. The molecule has 0 N–H and O–H groups in total. The minimum Gasteiger partial charge on any atom is -0.466 e. The molecule has 0 aromatic carbocycles. The maximum absolute atomic E-state index is 11.5. The molecule has 0 aromatic heterocycles. The lowest BCUT2D eigenvalue weighted by atomic mass is 10.4. The van der Waals surface area contributed by atoms with Crippen LogP contribution in [0.25, 0.3) is 0 Å². The monoisotopic (exact) mass is 239 g/mol. The fraction of sp³-hybridized carbons (Fsp3) is 0.667. The summed E-state index contributed by atoms with van der Waals surface area (Å²) in [6.07, 6.45) is 0. The molecule has 8 heteroatoms. The summed E-state index contributed by atoms with van der Waals surface area (Å²) in [7, 11) is -2.53. The van der Waals surface area contributed by atoms with Crippen LogP contribution < -0.4 is 0 Å². The van der Waals surface area contributed by atoms with Gasteiger partial charge in [0.1, 0.15) is 0 Å². The molecule has 0 saturated carbocycles. The summed E-state index contributed by atoms with van der Waals surface area (Å²) in [6, 6.07) is -0.592. The molecule has 1 rings (SSSR count). The van der Waals surface area contributed by atoms with Crippen molar-refractivity contribution < 1.29 is 13.2 Å². The molecule has 14 heavy (non-hydrogen) atoms. The Hall–Kier alpha value is -0.820. The van der Waals surface area contributed by atoms with E-state index in [2.05, 4.69) is 14.1 Å². The molecule has 0 saturated heterocycles. The molecular formula is C6H10ClN3O3S. The van der Waals surface area contributed by atoms with Gasteiger partial charge in [0, 0.05) is 6.04 Å². The molecule has 0 spiro atoms. The van der Waals surface area contributed by atoms with Crippen LogP contribution in [0.15, 0.2) is 9.39 Å². The molecule has 0 unspecified atom stereocenters. The zero-order valence-electron chi connectivity index (χ0n) is 7.93. The summed E-state index contributed by atoms with van der Waals surface area (Å²) in [5.74, 6) is 0. The Bertz CT molecular complexity index is 387. The van der Waals surface area contributed by atoms with E-state index in [1.807, 2.05) is 0 Å². The third-order valence-electron chi connectivity index (χ3n) is 1.46. The van der Waals surface area contributed by atoms with Crippen LogP contribution in [0.5, 0.6) is 0 Å². The van der Waals surface area contributed by atoms with Crippen LogP contribution in [-0.2, 0) is 14.9 Å². The number of rotatable bonds is 1. The maximum atomic E-state index is 11.5. The first-order valence-corrected chi connectivity index (χ1v) is 5.58. The van der Waals surface area contributed by atoms with Crippen molar-refractivity contribution in [2.45, 2.75) is 19.9 Å². The van der Waals surface area contributed by atoms with Crippen molar-refractivity contribution in [1.29, 1.82) is 0 Å². The number of ether oxygens (including phenoxy) is 1. The summed E-state index contributed by atoms with van der Waals surface area (Å²) in [5.41, 5.74) is 0. The smallest absolute Gasteiger partial charge is 0.351 e. The largest absolute Gasteiger partial charge is 0.466 e. The number of amidine groups is 2. The fourth-order valence-electron chi connectivity index (χ4n) is 0.949. The van der Waals surface area contributed by atoms with Gasteiger partial charge in [-0.2, -0.15) is 13.4 Å². The third kappa shape index (κ3) is 1.98. The molecule has 0 atom stereocenters. The first kappa shape index (κ1) is 11.3. The highest BCUT2D eigenvalue weighted by Crippen LogP contribution is 2.17. The van der Waals surface area contributed by atoms with E-state index in [4.69, 9.17) is 11.6 Å². The highest BCUT2D eigenvalue weighted by Gasteiger charge is 2.31. The minimum absolute atomic E-state index is 0.160. The third-order valence-corrected chi connectivity index (χ3v) is 3.31. The van der Waals surface area contributed by atoms with Gasteiger partial charge in [0.25, 0.3) is 0 Å². The van der Waals surface area contributed by atoms with E-state index < -0.39 is 10.2 Å². The van der Waals surface area contributed by atoms with Crippen molar-refractivity contribution in [2.24, 2.45) is 9.39 Å². The molecule has 0 aromatic rings. The van der Waals surface area contributed by atoms with Crippen molar-refractivity contribution in [2.75, 3.05) is 7.11 Å². The number of halogens is 1. The average molecular weight is 240 g/mol. The summed E-state index contributed by atoms with van der Waals surface area (Å²) >= 11 is 5.67. The van der Waals surface area contributed by atoms with Crippen molar-refractivity contribution in [1.82, 2.24) is 4.31 Å². The van der Waals surface area contributed by atoms with Crippen LogP contribution in [0.4, 0.5) is 0 Å². The first-order chi connectivity index (χ1) is 6.38. The molecular weight excluding hydrogens is 230 g/mol. The number of hydrogen-bond acceptors (Lipinski definition) is 4. The minimum atomic E-state index is -3.80. The van der Waals surface area contributed by atoms with E-state index in [9.17, 15) is 8.42 Å². The second kappa shape index (κ2) is 3.74. The second-order valence-electron chi connectivity index (χ2n) is 2.83. The van der Waals surface area contributed by atoms with Gasteiger partial charge in [-0.1, -0.05) is 4.40 Å². The quantitative estimate of drug-likeness (QED) is 0.628. The lowest BCUT2D eigenvalue weighted by molar-refractivity contribution is 0.392. The van der Waals surface area contributed by atoms with Gasteiger partial charge >= 0.3 is 16.2 Å². The van der Waals surface area contributed by atoms with Crippen LogP contribution in [0.1, 0.15) is 13.8 Å². The lowest BCUT2D eigenvalue weighted by Gasteiger charge is -2.25. The normalized spacial score (nSPS) is 20.5. The Balaban J connectivity index is 3.19. The molecule has 1 aliphatic rings. The molecule has 0 aliphatic carbocycles. The standard InChI is InChI=1S/C6H10ClN3O3S/c1-4(2)10-5(7)8-6(13-3)9-14(10,11)12/h4H,1-3H3. The van der Waals surface area contributed by atoms with Gasteiger partial charge in [0.2, 0.25) is 5.29 Å². The molecule has 1 heterocycles. The Labute approximate surface area is 87.4 Å². The summed E-state index contributed by atoms with van der Waals surface area (Å²) in [6.45, 7) is 3.34. The number of aliphatic imine (C=N–C) groups is 1. The van der Waals surface area contributed by atoms with E-state index in [1.165, 1.54) is 7.11 Å². The molecule has 0 amide bonds. The Morgan fingerprint density at radius 2 is 2.07 bits per heavy atom. The lowest BCUT2D eigenvalue weighted by Crippen LogP contribution is -2.41. The van der Waals surface area contributed by atoms with Crippen molar-refractivity contribution in [3.05, 3.63) is 0 Å². The Morgan fingerprint density at radius 3 is 2.43 bits per heavy atom. The van der Waals surface area contributed by atoms with Gasteiger partial charge in [-0.15, -0.1) is 0 Å². The zero-order chi connectivity index (χ0) is 10.9. The van der Waals surface area contributed by atoms with Crippen molar-refractivity contribution >= 4 is 33.1 Å². The van der Waals surface area contributed by atoms with E-state index in [0.29, 0.717) is 0 Å². The van der Waals surface area contributed by atoms with Crippen LogP contribution in [-0.4, -0.2) is 37.2 Å². The predicted molar refractivity (Wildman–Crippen MR) is 53.6 cm³/mol. The van der Waals surface area contributed by atoms with Crippen LogP contribution >= 0.6 is 11.6 Å². The topological polar surface area (TPSA) is 71.3 Å². The molecule has 1 aliphatic heterocycles. The van der Waals surface area contributed by atoms with Crippen LogP contribution in [0.2, 0.25) is 0 Å². The van der Waals surface area contributed by atoms with E-state index in [0.717, 1.165) is 4.31 Å². The van der Waals surface area contributed by atoms with Gasteiger partial charge in [-0.05, 0) is 25.4 Å². The number of nitrogens with zero attached hydrogens (tertiary/aromatic N) is 3. The van der Waals surface area contributed by atoms with Crippen molar-refractivity contribution in [3.8, 4) is 0 Å². The molecule has 6 nitrogen and oxygen atoms in total. The summed E-state index contributed by atoms with van der Waals surface area (Å²) in [4.78, 5) is 3.66. The Morgan fingerprint density at radius 1 is 1.50 bits per heavy atom. The first-order valence-electron chi connectivity index (χ1n) is 3.81. The van der Waals surface area contributed by atoms with Crippen LogP contribution in [0, 0.1) is 0 Å². The van der Waals surface area contributed by atoms with E-state index >= 15 is 0 Å². The zero-order valence-corrected chi connectivity index (χ0v) is 9.50. The van der Waals surface area contributed by atoms with Crippen molar-refractivity contribution in [3.63, 3.8) is 0 Å². The number of hydrogen-bond donors (Lipinski definition) is 0. The van der Waals surface area contributed by atoms with Gasteiger partial charge in [-0.25, -0.2) is 4.31 Å². The molecule has 80 valence electrons. The van der Waals surface area contributed by atoms with Gasteiger partial charge < -0.3 is 4.74 Å². The average Bonchev–Trinajstić information content (AvgIpc) is 1.99. The number of methoxy groups -OCH3 is 1. The van der Waals surface area contributed by atoms with E-state index in [1.54, 1.807) is 13.8 Å². The highest BCUT2D eigenvalue weighted by molar-refractivity contribution is 7.88. The molecule has 0 bridgehead atoms. The SMILES string of the molecule is COC1=NS(=O)(=O)N(C(C)C)C(Cl)=N1. The Kier molecular flexibility index (Phi) is 3.01. The van der Waals surface area contributed by atoms with Gasteiger partial charge in [-0.3, -0.25) is 0 Å². The van der Waals surface area contributed by atoms with E-state index in [-0.39, 0.29) is 17.4 Å². The molecule has 0 radical (unpaired) electrons. The van der Waals surface area contributed by atoms with Gasteiger partial charge in [0.05, 0.1) is 7.11 Å². The van der Waals surface area contributed by atoms with Gasteiger partial charge in [0.15, 0.2) is 0 Å². The maximum Gasteiger partial charge on any atom is 0.351 e. The highest BCUT2D eigenvalue weighted by atomic mass is 35.5. The predicted octanol–water partition coefficient (Wildman–Crippen LogP) is 0.552. The second-order valence-corrected chi connectivity index (χ2v) is 4.64. The fourth-order valence-corrected chi connectivity index (χ4v) is 2.64. The summed E-state index contributed by atoms with van der Waals surface area (Å²) in [5, 5.41) is -0.160. The summed E-state index contributed by atoms with van der Waals surface area (Å²) < 4.78 is 31.8.